The van der Waals surface area contributed by atoms with E-state index in [4.69, 9.17) is 4.74 Å². The summed E-state index contributed by atoms with van der Waals surface area (Å²) in [6, 6.07) is 6.09. The number of carbonyl (C=O) groups is 1. The van der Waals surface area contributed by atoms with Gasteiger partial charge in [-0.05, 0) is 38.9 Å². The van der Waals surface area contributed by atoms with Gasteiger partial charge in [0.1, 0.15) is 11.6 Å². The minimum Gasteiger partial charge on any atom is -0.481 e. The van der Waals surface area contributed by atoms with Gasteiger partial charge >= 0.3 is 0 Å². The largest absolute Gasteiger partial charge is 0.481 e. The van der Waals surface area contributed by atoms with Crippen molar-refractivity contribution in [2.45, 2.75) is 31.9 Å². The molecule has 0 radical (unpaired) electrons. The van der Waals surface area contributed by atoms with E-state index in [-0.39, 0.29) is 30.2 Å². The van der Waals surface area contributed by atoms with Crippen LogP contribution in [0.3, 0.4) is 0 Å². The average Bonchev–Trinajstić information content (AvgIpc) is 2.86. The number of likely N-dealkylation sites (tertiary alicyclic amines) is 1. The van der Waals surface area contributed by atoms with Crippen molar-refractivity contribution in [3.63, 3.8) is 0 Å². The Morgan fingerprint density at radius 3 is 3.00 bits per heavy atom. The van der Waals surface area contributed by atoms with Crippen LogP contribution in [-0.4, -0.2) is 43.1 Å². The van der Waals surface area contributed by atoms with E-state index in [2.05, 4.69) is 5.32 Å². The smallest absolute Gasteiger partial charge is 0.263 e. The molecule has 2 rings (SSSR count). The van der Waals surface area contributed by atoms with E-state index in [1.54, 1.807) is 19.1 Å². The number of amides is 1. The Kier molecular flexibility index (Phi) is 6.92. The van der Waals surface area contributed by atoms with Gasteiger partial charge in [0, 0.05) is 25.2 Å². The third-order valence-corrected chi connectivity index (χ3v) is 3.56. The maximum Gasteiger partial charge on any atom is 0.263 e. The molecule has 118 valence electrons. The first kappa shape index (κ1) is 17.7. The molecule has 6 heteroatoms. The molecular weight excluding hydrogens is 295 g/mol. The molecule has 2 unspecified atom stereocenters. The van der Waals surface area contributed by atoms with Gasteiger partial charge in [0.05, 0.1) is 0 Å². The zero-order valence-corrected chi connectivity index (χ0v) is 13.2. The summed E-state index contributed by atoms with van der Waals surface area (Å²) < 4.78 is 18.6. The van der Waals surface area contributed by atoms with Crippen LogP contribution in [0.4, 0.5) is 4.39 Å². The third kappa shape index (κ3) is 4.58. The van der Waals surface area contributed by atoms with Crippen molar-refractivity contribution < 1.29 is 13.9 Å². The van der Waals surface area contributed by atoms with Crippen molar-refractivity contribution in [3.05, 3.63) is 30.1 Å². The Morgan fingerprint density at radius 1 is 1.57 bits per heavy atom. The van der Waals surface area contributed by atoms with Gasteiger partial charge in [-0.15, -0.1) is 12.4 Å². The number of nitrogens with one attached hydrogen (secondary N) is 1. The zero-order chi connectivity index (χ0) is 14.5. The van der Waals surface area contributed by atoms with Crippen molar-refractivity contribution in [1.82, 2.24) is 10.2 Å². The number of benzene rings is 1. The van der Waals surface area contributed by atoms with Gasteiger partial charge in [0.2, 0.25) is 0 Å². The van der Waals surface area contributed by atoms with Crippen LogP contribution in [0.15, 0.2) is 24.3 Å². The van der Waals surface area contributed by atoms with Gasteiger partial charge in [0.25, 0.3) is 5.91 Å². The van der Waals surface area contributed by atoms with Crippen molar-refractivity contribution in [3.8, 4) is 5.75 Å². The van der Waals surface area contributed by atoms with Gasteiger partial charge in [-0.25, -0.2) is 4.39 Å². The first-order valence-electron chi connectivity index (χ1n) is 6.99. The molecule has 0 aromatic heterocycles. The first-order valence-corrected chi connectivity index (χ1v) is 6.99. The normalized spacial score (nSPS) is 19.0. The van der Waals surface area contributed by atoms with E-state index in [0.29, 0.717) is 5.75 Å². The quantitative estimate of drug-likeness (QED) is 0.905. The van der Waals surface area contributed by atoms with Gasteiger partial charge in [-0.3, -0.25) is 4.79 Å². The summed E-state index contributed by atoms with van der Waals surface area (Å²) >= 11 is 0. The molecule has 1 N–H and O–H groups in total. The average molecular weight is 317 g/mol. The van der Waals surface area contributed by atoms with E-state index in [0.717, 1.165) is 25.9 Å². The highest BCUT2D eigenvalue weighted by Crippen LogP contribution is 2.20. The Labute approximate surface area is 131 Å². The number of carbonyl (C=O) groups excluding carboxylic acids is 1. The molecule has 0 spiro atoms. The SMILES string of the molecule is CNCC1CCCN1C(=O)C(C)Oc1cccc(F)c1.Cl. The first-order chi connectivity index (χ1) is 9.61. The standard InChI is InChI=1S/C15H21FN2O2.ClH/c1-11(20-14-7-3-5-12(16)9-14)15(19)18-8-4-6-13(18)10-17-2;/h3,5,7,9,11,13,17H,4,6,8,10H2,1-2H3;1H. The van der Waals surface area contributed by atoms with Gasteiger partial charge in [0.15, 0.2) is 6.10 Å². The van der Waals surface area contributed by atoms with Crippen LogP contribution in [0, 0.1) is 5.82 Å². The minimum atomic E-state index is -0.603. The van der Waals surface area contributed by atoms with Crippen molar-refractivity contribution in [2.75, 3.05) is 20.1 Å². The number of likely N-dealkylation sites (N-methyl/N-ethyl adjacent to an activating group) is 1. The summed E-state index contributed by atoms with van der Waals surface area (Å²) in [5.74, 6) is -0.0152. The van der Waals surface area contributed by atoms with Crippen molar-refractivity contribution in [1.29, 1.82) is 0 Å². The molecule has 1 heterocycles. The maximum atomic E-state index is 13.1. The van der Waals surface area contributed by atoms with Crippen LogP contribution in [0.5, 0.6) is 5.75 Å². The van der Waals surface area contributed by atoms with Crippen LogP contribution in [0.1, 0.15) is 19.8 Å². The predicted octanol–water partition coefficient (Wildman–Crippen LogP) is 2.23. The highest BCUT2D eigenvalue weighted by atomic mass is 35.5. The van der Waals surface area contributed by atoms with Gasteiger partial charge < -0.3 is 15.0 Å². The maximum absolute atomic E-state index is 13.1. The van der Waals surface area contributed by atoms with Crippen LogP contribution in [-0.2, 0) is 4.79 Å². The monoisotopic (exact) mass is 316 g/mol. The molecule has 1 saturated heterocycles. The van der Waals surface area contributed by atoms with Crippen LogP contribution in [0.25, 0.3) is 0 Å². The molecule has 1 aliphatic heterocycles. The van der Waals surface area contributed by atoms with E-state index in [1.165, 1.54) is 12.1 Å². The number of hydrogen-bond donors (Lipinski definition) is 1. The topological polar surface area (TPSA) is 41.6 Å². The molecule has 21 heavy (non-hydrogen) atoms. The highest BCUT2D eigenvalue weighted by molar-refractivity contribution is 5.85. The Balaban J connectivity index is 0.00000220. The van der Waals surface area contributed by atoms with Crippen molar-refractivity contribution >= 4 is 18.3 Å². The summed E-state index contributed by atoms with van der Waals surface area (Å²) in [6.07, 6.45) is 1.43. The number of halogens is 2. The summed E-state index contributed by atoms with van der Waals surface area (Å²) in [4.78, 5) is 14.3. The molecule has 0 aliphatic carbocycles. The predicted molar refractivity (Wildman–Crippen MR) is 82.4 cm³/mol. The number of nitrogens with zero attached hydrogens (tertiary/aromatic N) is 1. The molecule has 1 aromatic rings. The summed E-state index contributed by atoms with van der Waals surface area (Å²) in [5.41, 5.74) is 0. The van der Waals surface area contributed by atoms with Crippen molar-refractivity contribution in [2.24, 2.45) is 0 Å². The summed E-state index contributed by atoms with van der Waals surface area (Å²) in [7, 11) is 1.88. The van der Waals surface area contributed by atoms with E-state index < -0.39 is 6.10 Å². The fourth-order valence-electron chi connectivity index (χ4n) is 2.60. The molecule has 4 nitrogen and oxygen atoms in total. The number of ether oxygens (including phenoxy) is 1. The molecule has 1 aliphatic rings. The van der Waals surface area contributed by atoms with E-state index in [9.17, 15) is 9.18 Å². The van der Waals surface area contributed by atoms with Crippen LogP contribution in [0.2, 0.25) is 0 Å². The molecule has 0 bridgehead atoms. The fraction of sp³-hybridized carbons (Fsp3) is 0.533. The Hall–Kier alpha value is -1.33. The number of hydrogen-bond acceptors (Lipinski definition) is 3. The summed E-state index contributed by atoms with van der Waals surface area (Å²) in [6.45, 7) is 3.27. The highest BCUT2D eigenvalue weighted by Gasteiger charge is 2.31. The second-order valence-corrected chi connectivity index (χ2v) is 5.10. The second kappa shape index (κ2) is 8.20. The summed E-state index contributed by atoms with van der Waals surface area (Å²) in [5, 5.41) is 3.11. The zero-order valence-electron chi connectivity index (χ0n) is 12.3. The molecular formula is C15H22ClFN2O2. The lowest BCUT2D eigenvalue weighted by Gasteiger charge is -2.27. The molecule has 1 amide bonds. The second-order valence-electron chi connectivity index (χ2n) is 5.10. The minimum absolute atomic E-state index is 0. The lowest BCUT2D eigenvalue weighted by atomic mass is 10.2. The third-order valence-electron chi connectivity index (χ3n) is 3.56. The van der Waals surface area contributed by atoms with Crippen LogP contribution >= 0.6 is 12.4 Å². The van der Waals surface area contributed by atoms with Gasteiger partial charge in [-0.1, -0.05) is 6.07 Å². The molecule has 0 saturated carbocycles. The van der Waals surface area contributed by atoms with Crippen LogP contribution < -0.4 is 10.1 Å². The van der Waals surface area contributed by atoms with Gasteiger partial charge in [-0.2, -0.15) is 0 Å². The number of rotatable bonds is 5. The Morgan fingerprint density at radius 2 is 2.33 bits per heavy atom. The van der Waals surface area contributed by atoms with E-state index >= 15 is 0 Å². The molecule has 2 atom stereocenters. The molecule has 1 aromatic carbocycles. The lowest BCUT2D eigenvalue weighted by Crippen LogP contribution is -2.46. The fourth-order valence-corrected chi connectivity index (χ4v) is 2.60. The molecule has 1 fully saturated rings. The Bertz CT molecular complexity index is 473. The lowest BCUT2D eigenvalue weighted by molar-refractivity contribution is -0.138. The van der Waals surface area contributed by atoms with E-state index in [1.807, 2.05) is 11.9 Å².